The number of thiazole rings is 1. The summed E-state index contributed by atoms with van der Waals surface area (Å²) in [6.07, 6.45) is 2.84. The maximum Gasteiger partial charge on any atom is 0.261 e. The molecule has 25 heavy (non-hydrogen) atoms. The second kappa shape index (κ2) is 8.71. The fraction of sp³-hybridized carbons (Fsp3) is 0.444. The van der Waals surface area contributed by atoms with Crippen LogP contribution in [0.5, 0.6) is 17.2 Å². The van der Waals surface area contributed by atoms with Crippen molar-refractivity contribution >= 4 is 22.4 Å². The fourth-order valence-corrected chi connectivity index (χ4v) is 3.53. The molecule has 0 aliphatic carbocycles. The molecule has 6 nitrogen and oxygen atoms in total. The molecule has 1 aromatic carbocycles. The SMILES string of the molecule is CCCc1nc(NC(=O)c2ccc(OC)c(OC)c2OC)sc1CC. The van der Waals surface area contributed by atoms with Crippen molar-refractivity contribution in [3.05, 3.63) is 28.3 Å². The van der Waals surface area contributed by atoms with E-state index in [9.17, 15) is 4.79 Å². The number of hydrogen-bond acceptors (Lipinski definition) is 6. The predicted octanol–water partition coefficient (Wildman–Crippen LogP) is 3.94. The van der Waals surface area contributed by atoms with Crippen LogP contribution in [0, 0.1) is 0 Å². The van der Waals surface area contributed by atoms with Crippen LogP contribution in [0.2, 0.25) is 0 Å². The molecule has 1 N–H and O–H groups in total. The topological polar surface area (TPSA) is 69.7 Å². The first-order valence-corrected chi connectivity index (χ1v) is 9.00. The summed E-state index contributed by atoms with van der Waals surface area (Å²) < 4.78 is 15.9. The van der Waals surface area contributed by atoms with Crippen molar-refractivity contribution in [2.75, 3.05) is 26.6 Å². The zero-order valence-corrected chi connectivity index (χ0v) is 16.1. The molecule has 0 fully saturated rings. The first-order chi connectivity index (χ1) is 12.1. The van der Waals surface area contributed by atoms with Crippen molar-refractivity contribution < 1.29 is 19.0 Å². The first kappa shape index (κ1) is 19.1. The van der Waals surface area contributed by atoms with E-state index in [1.807, 2.05) is 0 Å². The highest BCUT2D eigenvalue weighted by atomic mass is 32.1. The van der Waals surface area contributed by atoms with Crippen molar-refractivity contribution in [3.63, 3.8) is 0 Å². The molecular formula is C18H24N2O4S. The van der Waals surface area contributed by atoms with Crippen LogP contribution in [-0.2, 0) is 12.8 Å². The monoisotopic (exact) mass is 364 g/mol. The van der Waals surface area contributed by atoms with Crippen LogP contribution in [0.3, 0.4) is 0 Å². The molecule has 0 saturated carbocycles. The number of hydrogen-bond donors (Lipinski definition) is 1. The molecule has 7 heteroatoms. The van der Waals surface area contributed by atoms with Crippen molar-refractivity contribution in [3.8, 4) is 17.2 Å². The standard InChI is InChI=1S/C18H24N2O4S/c1-6-8-12-14(7-2)25-18(19-12)20-17(21)11-9-10-13(22-3)16(24-5)15(11)23-4/h9-10H,6-8H2,1-5H3,(H,19,20,21). The van der Waals surface area contributed by atoms with Crippen LogP contribution in [0.1, 0.15) is 41.2 Å². The Morgan fingerprint density at radius 3 is 2.40 bits per heavy atom. The summed E-state index contributed by atoms with van der Waals surface area (Å²) in [5.41, 5.74) is 1.43. The van der Waals surface area contributed by atoms with Gasteiger partial charge in [0.1, 0.15) is 0 Å². The number of rotatable bonds is 8. The summed E-state index contributed by atoms with van der Waals surface area (Å²) >= 11 is 1.51. The number of aryl methyl sites for hydroxylation is 2. The van der Waals surface area contributed by atoms with Crippen molar-refractivity contribution in [1.29, 1.82) is 0 Å². The smallest absolute Gasteiger partial charge is 0.261 e. The third-order valence-corrected chi connectivity index (χ3v) is 4.91. The van der Waals surface area contributed by atoms with Gasteiger partial charge in [-0.15, -0.1) is 11.3 Å². The van der Waals surface area contributed by atoms with E-state index in [1.54, 1.807) is 12.1 Å². The quantitative estimate of drug-likeness (QED) is 0.768. The molecule has 0 saturated heterocycles. The van der Waals surface area contributed by atoms with Crippen LogP contribution in [0.25, 0.3) is 0 Å². The van der Waals surface area contributed by atoms with E-state index in [0.29, 0.717) is 27.9 Å². The Kier molecular flexibility index (Phi) is 6.64. The van der Waals surface area contributed by atoms with Gasteiger partial charge in [0.2, 0.25) is 5.75 Å². The van der Waals surface area contributed by atoms with E-state index in [2.05, 4.69) is 24.1 Å². The van der Waals surface area contributed by atoms with Crippen LogP contribution in [-0.4, -0.2) is 32.2 Å². The van der Waals surface area contributed by atoms with Gasteiger partial charge in [0, 0.05) is 4.88 Å². The molecule has 0 bridgehead atoms. The summed E-state index contributed by atoms with van der Waals surface area (Å²) in [6.45, 7) is 4.21. The Morgan fingerprint density at radius 1 is 1.12 bits per heavy atom. The molecule has 2 aromatic rings. The molecule has 2 rings (SSSR count). The number of methoxy groups -OCH3 is 3. The van der Waals surface area contributed by atoms with Gasteiger partial charge in [0.25, 0.3) is 5.91 Å². The predicted molar refractivity (Wildman–Crippen MR) is 99.5 cm³/mol. The number of amides is 1. The lowest BCUT2D eigenvalue weighted by Gasteiger charge is -2.15. The number of anilines is 1. The zero-order valence-electron chi connectivity index (χ0n) is 15.3. The Hall–Kier alpha value is -2.28. The minimum atomic E-state index is -0.294. The number of ether oxygens (including phenoxy) is 3. The number of carbonyl (C=O) groups excluding carboxylic acids is 1. The fourth-order valence-electron chi connectivity index (χ4n) is 2.59. The first-order valence-electron chi connectivity index (χ1n) is 8.18. The van der Waals surface area contributed by atoms with Crippen molar-refractivity contribution in [2.24, 2.45) is 0 Å². The number of nitrogens with one attached hydrogen (secondary N) is 1. The minimum Gasteiger partial charge on any atom is -0.493 e. The average molecular weight is 364 g/mol. The summed E-state index contributed by atoms with van der Waals surface area (Å²) in [6, 6.07) is 3.33. The van der Waals surface area contributed by atoms with Gasteiger partial charge in [-0.3, -0.25) is 10.1 Å². The molecule has 1 heterocycles. The van der Waals surface area contributed by atoms with Gasteiger partial charge in [-0.05, 0) is 25.0 Å². The molecule has 1 amide bonds. The Labute approximate surface area is 152 Å². The number of carbonyl (C=O) groups is 1. The van der Waals surface area contributed by atoms with E-state index in [0.717, 1.165) is 25.0 Å². The van der Waals surface area contributed by atoms with Gasteiger partial charge in [-0.1, -0.05) is 20.3 Å². The van der Waals surface area contributed by atoms with E-state index >= 15 is 0 Å². The number of aromatic nitrogens is 1. The summed E-state index contributed by atoms with van der Waals surface area (Å²) in [5, 5.41) is 3.47. The maximum absolute atomic E-state index is 12.7. The van der Waals surface area contributed by atoms with Gasteiger partial charge in [-0.2, -0.15) is 0 Å². The lowest BCUT2D eigenvalue weighted by atomic mass is 10.1. The lowest BCUT2D eigenvalue weighted by molar-refractivity contribution is 0.102. The molecule has 1 aromatic heterocycles. The summed E-state index contributed by atoms with van der Waals surface area (Å²) in [4.78, 5) is 18.5. The van der Waals surface area contributed by atoms with Crippen LogP contribution in [0.4, 0.5) is 5.13 Å². The molecular weight excluding hydrogens is 340 g/mol. The summed E-state index contributed by atoms with van der Waals surface area (Å²) in [5.74, 6) is 0.930. The van der Waals surface area contributed by atoms with E-state index in [4.69, 9.17) is 14.2 Å². The summed E-state index contributed by atoms with van der Waals surface area (Å²) in [7, 11) is 4.54. The van der Waals surface area contributed by atoms with Crippen LogP contribution >= 0.6 is 11.3 Å². The third-order valence-electron chi connectivity index (χ3n) is 3.76. The van der Waals surface area contributed by atoms with Crippen LogP contribution < -0.4 is 19.5 Å². The van der Waals surface area contributed by atoms with E-state index in [-0.39, 0.29) is 5.91 Å². The van der Waals surface area contributed by atoms with Crippen molar-refractivity contribution in [2.45, 2.75) is 33.1 Å². The van der Waals surface area contributed by atoms with Gasteiger partial charge in [-0.25, -0.2) is 4.98 Å². The maximum atomic E-state index is 12.7. The lowest BCUT2D eigenvalue weighted by Crippen LogP contribution is -2.14. The van der Waals surface area contributed by atoms with Crippen molar-refractivity contribution in [1.82, 2.24) is 4.98 Å². The highest BCUT2D eigenvalue weighted by molar-refractivity contribution is 7.15. The Morgan fingerprint density at radius 2 is 1.84 bits per heavy atom. The normalized spacial score (nSPS) is 10.4. The van der Waals surface area contributed by atoms with Gasteiger partial charge in [0.15, 0.2) is 16.6 Å². The number of benzene rings is 1. The third kappa shape index (κ3) is 4.04. The highest BCUT2D eigenvalue weighted by Gasteiger charge is 2.22. The molecule has 0 atom stereocenters. The highest BCUT2D eigenvalue weighted by Crippen LogP contribution is 2.40. The molecule has 0 spiro atoms. The minimum absolute atomic E-state index is 0.294. The average Bonchev–Trinajstić information content (AvgIpc) is 3.01. The van der Waals surface area contributed by atoms with E-state index in [1.165, 1.54) is 37.5 Å². The molecule has 0 aliphatic rings. The molecule has 0 aliphatic heterocycles. The van der Waals surface area contributed by atoms with Gasteiger partial charge < -0.3 is 14.2 Å². The second-order valence-corrected chi connectivity index (χ2v) is 6.41. The van der Waals surface area contributed by atoms with Crippen LogP contribution in [0.15, 0.2) is 12.1 Å². The molecule has 136 valence electrons. The Bertz CT molecular complexity index is 743. The largest absolute Gasteiger partial charge is 0.493 e. The van der Waals surface area contributed by atoms with E-state index < -0.39 is 0 Å². The van der Waals surface area contributed by atoms with Gasteiger partial charge >= 0.3 is 0 Å². The van der Waals surface area contributed by atoms with Gasteiger partial charge in [0.05, 0.1) is 32.6 Å². The Balaban J connectivity index is 2.32. The molecule has 0 radical (unpaired) electrons. The number of nitrogens with zero attached hydrogens (tertiary/aromatic N) is 1. The second-order valence-electron chi connectivity index (χ2n) is 5.33. The molecule has 0 unspecified atom stereocenters. The zero-order chi connectivity index (χ0) is 18.4.